The van der Waals surface area contributed by atoms with Crippen molar-refractivity contribution in [3.8, 4) is 0 Å². The minimum atomic E-state index is -0.0987. The summed E-state index contributed by atoms with van der Waals surface area (Å²) in [6.07, 6.45) is 7.26. The van der Waals surface area contributed by atoms with E-state index in [1.54, 1.807) is 16.8 Å². The summed E-state index contributed by atoms with van der Waals surface area (Å²) < 4.78 is 5.38. The van der Waals surface area contributed by atoms with Crippen LogP contribution in [0.25, 0.3) is 22.5 Å². The van der Waals surface area contributed by atoms with Crippen LogP contribution in [0.2, 0.25) is 0 Å². The summed E-state index contributed by atoms with van der Waals surface area (Å²) in [6, 6.07) is 9.35. The molecule has 5 rings (SSSR count). The summed E-state index contributed by atoms with van der Waals surface area (Å²) >= 11 is 1.52. The summed E-state index contributed by atoms with van der Waals surface area (Å²) in [5.41, 5.74) is 1.58. The molecule has 0 unspecified atom stereocenters. The van der Waals surface area contributed by atoms with Crippen LogP contribution in [0.15, 0.2) is 71.5 Å². The number of allylic oxidation sites excluding steroid dienone is 1. The molecule has 0 amide bonds. The van der Waals surface area contributed by atoms with Crippen LogP contribution in [-0.4, -0.2) is 33.5 Å². The normalized spacial score (nSPS) is 11.6. The van der Waals surface area contributed by atoms with Crippen LogP contribution in [0.1, 0.15) is 5.69 Å². The Morgan fingerprint density at radius 2 is 2.07 bits per heavy atom. The van der Waals surface area contributed by atoms with Gasteiger partial charge >= 0.3 is 0 Å². The number of rotatable bonds is 5. The molecule has 0 spiro atoms. The van der Waals surface area contributed by atoms with Crippen molar-refractivity contribution in [2.24, 2.45) is 0 Å². The third-order valence-electron chi connectivity index (χ3n) is 4.42. The van der Waals surface area contributed by atoms with Gasteiger partial charge in [0, 0.05) is 30.9 Å². The number of thioether (sulfide) groups is 1. The van der Waals surface area contributed by atoms with Gasteiger partial charge in [0.25, 0.3) is 5.56 Å². The fraction of sp³-hybridized carbons (Fsp3) is 0.105. The molecule has 0 fully saturated rings. The third kappa shape index (κ3) is 2.59. The number of hydrogen-bond donors (Lipinski definition) is 0. The molecule has 9 heteroatoms. The van der Waals surface area contributed by atoms with Crippen LogP contribution in [0.4, 0.5) is 0 Å². The summed E-state index contributed by atoms with van der Waals surface area (Å²) in [5, 5.41) is 9.93. The molecule has 0 saturated carbocycles. The number of imidazole rings is 1. The van der Waals surface area contributed by atoms with Crippen molar-refractivity contribution < 1.29 is 0 Å². The molecule has 0 saturated heterocycles. The first-order valence-corrected chi connectivity index (χ1v) is 9.64. The van der Waals surface area contributed by atoms with Gasteiger partial charge in [0.2, 0.25) is 11.6 Å². The van der Waals surface area contributed by atoms with Crippen LogP contribution in [0, 0.1) is 0 Å². The smallest absolute Gasteiger partial charge is 0.263 e. The van der Waals surface area contributed by atoms with Gasteiger partial charge in [-0.05, 0) is 18.2 Å². The molecule has 28 heavy (non-hydrogen) atoms. The van der Waals surface area contributed by atoms with Gasteiger partial charge in [-0.1, -0.05) is 30.0 Å². The summed E-state index contributed by atoms with van der Waals surface area (Å²) in [6.45, 7) is 4.12. The van der Waals surface area contributed by atoms with E-state index in [2.05, 4.69) is 26.7 Å². The van der Waals surface area contributed by atoms with E-state index in [0.29, 0.717) is 34.4 Å². The Kier molecular flexibility index (Phi) is 3.94. The monoisotopic (exact) mass is 389 g/mol. The molecule has 0 aliphatic rings. The number of aromatic nitrogens is 7. The summed E-state index contributed by atoms with van der Waals surface area (Å²) in [7, 11) is 0. The van der Waals surface area contributed by atoms with Crippen molar-refractivity contribution in [3.05, 3.63) is 77.6 Å². The van der Waals surface area contributed by atoms with E-state index >= 15 is 0 Å². The molecule has 5 aromatic rings. The number of fused-ring (bicyclic) bond motifs is 4. The number of para-hydroxylation sites is 1. The molecule has 8 nitrogen and oxygen atoms in total. The standard InChI is InChI=1S/C19H15N7OS/c1-2-9-25-16(27)14-6-3-4-7-15(14)26-18(25)22-23-19(26)28-12-13-11-24-10-5-8-20-17(24)21-13/h2-8,10-11H,1,9,12H2. The van der Waals surface area contributed by atoms with Crippen LogP contribution >= 0.6 is 11.8 Å². The lowest BCUT2D eigenvalue weighted by atomic mass is 10.2. The van der Waals surface area contributed by atoms with Crippen LogP contribution in [0.3, 0.4) is 0 Å². The second-order valence-corrected chi connectivity index (χ2v) is 7.13. The number of nitrogens with zero attached hydrogens (tertiary/aromatic N) is 7. The highest BCUT2D eigenvalue weighted by atomic mass is 32.2. The summed E-state index contributed by atoms with van der Waals surface area (Å²) in [5.74, 6) is 1.77. The van der Waals surface area contributed by atoms with Crippen molar-refractivity contribution in [1.82, 2.24) is 33.5 Å². The molecule has 0 radical (unpaired) electrons. The maximum atomic E-state index is 12.8. The van der Waals surface area contributed by atoms with E-state index in [4.69, 9.17) is 0 Å². The van der Waals surface area contributed by atoms with Crippen molar-refractivity contribution in [1.29, 1.82) is 0 Å². The van der Waals surface area contributed by atoms with Gasteiger partial charge in [-0.15, -0.1) is 16.8 Å². The minimum Gasteiger partial charge on any atom is -0.291 e. The molecule has 138 valence electrons. The molecule has 4 heterocycles. The molecule has 0 aliphatic carbocycles. The molecule has 0 bridgehead atoms. The fourth-order valence-corrected chi connectivity index (χ4v) is 4.03. The highest BCUT2D eigenvalue weighted by Crippen LogP contribution is 2.24. The first-order valence-electron chi connectivity index (χ1n) is 8.65. The minimum absolute atomic E-state index is 0.0987. The third-order valence-corrected chi connectivity index (χ3v) is 5.39. The van der Waals surface area contributed by atoms with Crippen LogP contribution < -0.4 is 5.56 Å². The fourth-order valence-electron chi connectivity index (χ4n) is 3.21. The zero-order chi connectivity index (χ0) is 19.1. The number of benzene rings is 1. The topological polar surface area (TPSA) is 82.4 Å². The Hall–Kier alpha value is -3.46. The van der Waals surface area contributed by atoms with Gasteiger partial charge < -0.3 is 0 Å². The summed E-state index contributed by atoms with van der Waals surface area (Å²) in [4.78, 5) is 21.6. The van der Waals surface area contributed by atoms with Crippen molar-refractivity contribution in [2.75, 3.05) is 0 Å². The van der Waals surface area contributed by atoms with Crippen LogP contribution in [-0.2, 0) is 12.3 Å². The molecule has 1 aromatic carbocycles. The average Bonchev–Trinajstić information content (AvgIpc) is 3.33. The molecule has 0 aliphatic heterocycles. The van der Waals surface area contributed by atoms with Gasteiger partial charge in [-0.25, -0.2) is 9.97 Å². The van der Waals surface area contributed by atoms with Crippen LogP contribution in [0.5, 0.6) is 0 Å². The number of hydrogen-bond acceptors (Lipinski definition) is 6. The van der Waals surface area contributed by atoms with Gasteiger partial charge in [-0.2, -0.15) is 0 Å². The van der Waals surface area contributed by atoms with Crippen molar-refractivity contribution >= 4 is 34.2 Å². The Morgan fingerprint density at radius 3 is 2.93 bits per heavy atom. The quantitative estimate of drug-likeness (QED) is 0.339. The average molecular weight is 389 g/mol. The van der Waals surface area contributed by atoms with E-state index in [1.807, 2.05) is 51.5 Å². The molecule has 0 atom stereocenters. The van der Waals surface area contributed by atoms with Gasteiger partial charge in [0.05, 0.1) is 16.6 Å². The maximum Gasteiger partial charge on any atom is 0.263 e. The lowest BCUT2D eigenvalue weighted by molar-refractivity contribution is 0.783. The van der Waals surface area contributed by atoms with Gasteiger partial charge in [-0.3, -0.25) is 18.2 Å². The van der Waals surface area contributed by atoms with E-state index in [1.165, 1.54) is 11.8 Å². The lowest BCUT2D eigenvalue weighted by Gasteiger charge is -2.09. The zero-order valence-corrected chi connectivity index (χ0v) is 15.6. The van der Waals surface area contributed by atoms with Crippen molar-refractivity contribution in [3.63, 3.8) is 0 Å². The molecular weight excluding hydrogens is 374 g/mol. The van der Waals surface area contributed by atoms with E-state index < -0.39 is 0 Å². The van der Waals surface area contributed by atoms with E-state index in [0.717, 1.165) is 11.2 Å². The highest BCUT2D eigenvalue weighted by molar-refractivity contribution is 7.98. The molecule has 4 aromatic heterocycles. The first kappa shape index (κ1) is 16.7. The predicted octanol–water partition coefficient (Wildman–Crippen LogP) is 2.57. The molecule has 0 N–H and O–H groups in total. The first-order chi connectivity index (χ1) is 13.8. The highest BCUT2D eigenvalue weighted by Gasteiger charge is 2.16. The second kappa shape index (κ2) is 6.61. The van der Waals surface area contributed by atoms with E-state index in [9.17, 15) is 4.79 Å². The molecular formula is C19H15N7OS. The lowest BCUT2D eigenvalue weighted by Crippen LogP contribution is -2.22. The Labute approximate surface area is 163 Å². The van der Waals surface area contributed by atoms with Gasteiger partial charge in [0.1, 0.15) is 0 Å². The maximum absolute atomic E-state index is 12.8. The second-order valence-electron chi connectivity index (χ2n) is 6.19. The largest absolute Gasteiger partial charge is 0.291 e. The SMILES string of the molecule is C=CCn1c(=O)c2ccccc2n2c(SCc3cn4cccnc4n3)nnc12. The van der Waals surface area contributed by atoms with Crippen molar-refractivity contribution in [2.45, 2.75) is 17.5 Å². The van der Waals surface area contributed by atoms with E-state index in [-0.39, 0.29) is 5.56 Å². The predicted molar refractivity (Wildman–Crippen MR) is 107 cm³/mol. The Bertz CT molecular complexity index is 1370. The van der Waals surface area contributed by atoms with Gasteiger partial charge in [0.15, 0.2) is 5.16 Å². The Morgan fingerprint density at radius 1 is 1.18 bits per heavy atom. The Balaban J connectivity index is 1.61. The zero-order valence-electron chi connectivity index (χ0n) is 14.8.